The van der Waals surface area contributed by atoms with E-state index in [1.54, 1.807) is 0 Å². The average Bonchev–Trinajstić information content (AvgIpc) is 1.79. The molecule has 0 spiro atoms. The molecule has 6 N–H and O–H groups in total. The van der Waals surface area contributed by atoms with Crippen LogP contribution in [0.25, 0.3) is 0 Å². The van der Waals surface area contributed by atoms with Crippen LogP contribution in [0.5, 0.6) is 0 Å². The van der Waals surface area contributed by atoms with Crippen molar-refractivity contribution in [1.29, 1.82) is 0 Å². The molecule has 9 heteroatoms. The van der Waals surface area contributed by atoms with Crippen molar-refractivity contribution in [3.05, 3.63) is 0 Å². The minimum atomic E-state index is -4.67. The third-order valence-electron chi connectivity index (χ3n) is 0.618. The van der Waals surface area contributed by atoms with Crippen LogP contribution in [0.1, 0.15) is 12.8 Å². The van der Waals surface area contributed by atoms with Gasteiger partial charge in [0.25, 0.3) is 0 Å². The molecule has 0 rings (SSSR count). The highest BCUT2D eigenvalue weighted by molar-refractivity contribution is 7.79. The number of primary amides is 2. The predicted molar refractivity (Wildman–Crippen MR) is 41.8 cm³/mol. The number of carbonyl (C=O) groups is 2. The van der Waals surface area contributed by atoms with Crippen LogP contribution in [0.4, 0.5) is 0 Å². The van der Waals surface area contributed by atoms with E-state index >= 15 is 0 Å². The molecule has 0 saturated heterocycles. The summed E-state index contributed by atoms with van der Waals surface area (Å²) >= 11 is 0. The number of rotatable bonds is 3. The fraction of sp³-hybridized carbons (Fsp3) is 0.500. The van der Waals surface area contributed by atoms with Crippen LogP contribution in [0.3, 0.4) is 0 Å². The third-order valence-corrected chi connectivity index (χ3v) is 0.618. The highest BCUT2D eigenvalue weighted by atomic mass is 32.3. The van der Waals surface area contributed by atoms with Gasteiger partial charge < -0.3 is 11.5 Å². The Morgan fingerprint density at radius 2 is 1.15 bits per heavy atom. The first-order valence-corrected chi connectivity index (χ1v) is 4.29. The molecule has 0 radical (unpaired) electrons. The van der Waals surface area contributed by atoms with Crippen molar-refractivity contribution in [2.75, 3.05) is 0 Å². The fourth-order valence-corrected chi connectivity index (χ4v) is 0.246. The van der Waals surface area contributed by atoms with Crippen LogP contribution in [-0.4, -0.2) is 29.3 Å². The average molecular weight is 214 g/mol. The van der Waals surface area contributed by atoms with E-state index in [2.05, 4.69) is 0 Å². The minimum absolute atomic E-state index is 0.0509. The standard InChI is InChI=1S/C4H8N2O2.H2O4S/c5-3(7)1-2-4(6)8;1-5(2,3)4/h1-2H2,(H2,5,7)(H2,6,8);(H2,1,2,3,4). The maximum atomic E-state index is 9.92. The Morgan fingerprint density at radius 1 is 1.00 bits per heavy atom. The zero-order valence-electron chi connectivity index (χ0n) is 6.50. The van der Waals surface area contributed by atoms with E-state index in [4.69, 9.17) is 29.0 Å². The number of carbonyl (C=O) groups excluding carboxylic acids is 2. The van der Waals surface area contributed by atoms with Gasteiger partial charge >= 0.3 is 10.4 Å². The summed E-state index contributed by atoms with van der Waals surface area (Å²) in [5, 5.41) is 0. The first kappa shape index (κ1) is 14.3. The molecule has 0 saturated carbocycles. The van der Waals surface area contributed by atoms with E-state index in [1.165, 1.54) is 0 Å². The number of amides is 2. The molecule has 0 heterocycles. The van der Waals surface area contributed by atoms with E-state index in [0.717, 1.165) is 0 Å². The molecule has 78 valence electrons. The Hall–Kier alpha value is -1.19. The smallest absolute Gasteiger partial charge is 0.370 e. The molecule has 0 aliphatic carbocycles. The van der Waals surface area contributed by atoms with Gasteiger partial charge in [-0.1, -0.05) is 0 Å². The first-order valence-electron chi connectivity index (χ1n) is 2.89. The van der Waals surface area contributed by atoms with Crippen molar-refractivity contribution >= 4 is 22.2 Å². The third kappa shape index (κ3) is 57.8. The van der Waals surface area contributed by atoms with Gasteiger partial charge in [-0.05, 0) is 0 Å². The van der Waals surface area contributed by atoms with Crippen LogP contribution < -0.4 is 11.5 Å². The molecule has 0 aliphatic heterocycles. The van der Waals surface area contributed by atoms with Gasteiger partial charge in [0.1, 0.15) is 0 Å². The van der Waals surface area contributed by atoms with Gasteiger partial charge in [-0.3, -0.25) is 18.7 Å². The van der Waals surface area contributed by atoms with E-state index in [9.17, 15) is 9.59 Å². The number of hydrogen-bond donors (Lipinski definition) is 4. The monoisotopic (exact) mass is 214 g/mol. The van der Waals surface area contributed by atoms with Gasteiger partial charge in [0.15, 0.2) is 0 Å². The van der Waals surface area contributed by atoms with Crippen molar-refractivity contribution in [2.45, 2.75) is 12.8 Å². The second-order valence-electron chi connectivity index (χ2n) is 1.88. The van der Waals surface area contributed by atoms with Crippen molar-refractivity contribution in [1.82, 2.24) is 0 Å². The molecule has 0 aliphatic rings. The second kappa shape index (κ2) is 6.34. The summed E-state index contributed by atoms with van der Waals surface area (Å²) in [6.07, 6.45) is 0.102. The molecule has 0 bridgehead atoms. The first-order chi connectivity index (χ1) is 5.63. The van der Waals surface area contributed by atoms with Crippen LogP contribution in [0, 0.1) is 0 Å². The Morgan fingerprint density at radius 3 is 1.23 bits per heavy atom. The molecule has 0 unspecified atom stereocenters. The van der Waals surface area contributed by atoms with E-state index in [1.807, 2.05) is 0 Å². The van der Waals surface area contributed by atoms with E-state index in [0.29, 0.717) is 0 Å². The summed E-state index contributed by atoms with van der Waals surface area (Å²) in [6, 6.07) is 0. The van der Waals surface area contributed by atoms with Gasteiger partial charge in [-0.2, -0.15) is 8.42 Å². The van der Waals surface area contributed by atoms with E-state index in [-0.39, 0.29) is 12.8 Å². The van der Waals surface area contributed by atoms with Crippen molar-refractivity contribution in [2.24, 2.45) is 11.5 Å². The summed E-state index contributed by atoms with van der Waals surface area (Å²) in [5.41, 5.74) is 9.39. The lowest BCUT2D eigenvalue weighted by molar-refractivity contribution is -0.123. The van der Waals surface area contributed by atoms with Crippen molar-refractivity contribution in [3.8, 4) is 0 Å². The molecular formula is C4H10N2O6S. The Bertz CT molecular complexity index is 248. The van der Waals surface area contributed by atoms with Crippen molar-refractivity contribution < 1.29 is 27.1 Å². The molecule has 0 aromatic heterocycles. The lowest BCUT2D eigenvalue weighted by Gasteiger charge is -1.87. The van der Waals surface area contributed by atoms with Gasteiger partial charge in [-0.25, -0.2) is 0 Å². The van der Waals surface area contributed by atoms with Crippen molar-refractivity contribution in [3.63, 3.8) is 0 Å². The quantitative estimate of drug-likeness (QED) is 0.400. The largest absolute Gasteiger partial charge is 0.394 e. The van der Waals surface area contributed by atoms with Gasteiger partial charge in [0, 0.05) is 12.8 Å². The van der Waals surface area contributed by atoms with E-state index < -0.39 is 22.2 Å². The highest BCUT2D eigenvalue weighted by Crippen LogP contribution is 1.82. The molecule has 2 amide bonds. The van der Waals surface area contributed by atoms with Gasteiger partial charge in [0.05, 0.1) is 0 Å². The summed E-state index contributed by atoms with van der Waals surface area (Å²) in [7, 11) is -4.67. The van der Waals surface area contributed by atoms with Crippen LogP contribution in [0.15, 0.2) is 0 Å². The number of nitrogens with two attached hydrogens (primary N) is 2. The minimum Gasteiger partial charge on any atom is -0.370 e. The summed E-state index contributed by atoms with van der Waals surface area (Å²) in [6.45, 7) is 0. The summed E-state index contributed by atoms with van der Waals surface area (Å²) in [4.78, 5) is 19.8. The highest BCUT2D eigenvalue weighted by Gasteiger charge is 1.96. The van der Waals surface area contributed by atoms with Crippen LogP contribution >= 0.6 is 0 Å². The van der Waals surface area contributed by atoms with Crippen LogP contribution in [0.2, 0.25) is 0 Å². The van der Waals surface area contributed by atoms with Gasteiger partial charge in [0.2, 0.25) is 11.8 Å². The fourth-order valence-electron chi connectivity index (χ4n) is 0.246. The molecule has 13 heavy (non-hydrogen) atoms. The molecule has 0 aromatic rings. The topological polar surface area (TPSA) is 161 Å². The lowest BCUT2D eigenvalue weighted by atomic mass is 10.3. The normalized spacial score (nSPS) is 9.69. The lowest BCUT2D eigenvalue weighted by Crippen LogP contribution is -2.16. The SMILES string of the molecule is NC(=O)CCC(N)=O.O=S(=O)(O)O. The van der Waals surface area contributed by atoms with Crippen LogP contribution in [-0.2, 0) is 20.0 Å². The Labute approximate surface area is 74.5 Å². The summed E-state index contributed by atoms with van der Waals surface area (Å²) in [5.74, 6) is -0.993. The predicted octanol–water partition coefficient (Wildman–Crippen LogP) is -1.92. The molecule has 0 atom stereocenters. The van der Waals surface area contributed by atoms with Gasteiger partial charge in [-0.15, -0.1) is 0 Å². The Balaban J connectivity index is 0. The maximum Gasteiger partial charge on any atom is 0.394 e. The molecular weight excluding hydrogens is 204 g/mol. The zero-order valence-corrected chi connectivity index (χ0v) is 7.32. The zero-order chi connectivity index (χ0) is 11.1. The number of hydrogen-bond acceptors (Lipinski definition) is 4. The molecule has 0 aromatic carbocycles. The Kier molecular flexibility index (Phi) is 6.99. The summed E-state index contributed by atoms with van der Waals surface area (Å²) < 4.78 is 31.6. The second-order valence-corrected chi connectivity index (χ2v) is 2.78. The molecule has 8 nitrogen and oxygen atoms in total. The molecule has 0 fully saturated rings. The maximum absolute atomic E-state index is 9.92.